The maximum atomic E-state index is 6.13. The maximum absolute atomic E-state index is 6.13. The first-order valence-corrected chi connectivity index (χ1v) is 7.54. The van der Waals surface area contributed by atoms with Gasteiger partial charge in [0.1, 0.15) is 0 Å². The van der Waals surface area contributed by atoms with E-state index in [2.05, 4.69) is 59.0 Å². The Kier molecular flexibility index (Phi) is 3.60. The monoisotopic (exact) mass is 267 g/mol. The van der Waals surface area contributed by atoms with Crippen LogP contribution in [0.2, 0.25) is 0 Å². The molecular weight excluding hydrogens is 242 g/mol. The fourth-order valence-electron chi connectivity index (χ4n) is 2.89. The smallest absolute Gasteiger partial charge is 0.0787 e. The third kappa shape index (κ3) is 2.95. The molecule has 2 rings (SSSR count). The van der Waals surface area contributed by atoms with Gasteiger partial charge in [0.05, 0.1) is 11.2 Å². The Labute approximate surface area is 115 Å². The largest absolute Gasteiger partial charge is 0.368 e. The Hall–Kier alpha value is -0.380. The summed E-state index contributed by atoms with van der Waals surface area (Å²) >= 11 is 1.88. The molecule has 0 aliphatic carbocycles. The molecule has 0 amide bonds. The Bertz CT molecular complexity index is 422. The molecule has 2 unspecified atom stereocenters. The quantitative estimate of drug-likeness (QED) is 0.892. The molecule has 0 aromatic carbocycles. The summed E-state index contributed by atoms with van der Waals surface area (Å²) in [5.74, 6) is 0. The standard InChI is InChI=1S/C15H25NOS/c1-10-7-8-12(18-10)11(2)16-13-9-14(3,4)17-15(13,5)6/h7-8,11,13,16H,9H2,1-6H3. The van der Waals surface area contributed by atoms with Gasteiger partial charge in [0.15, 0.2) is 0 Å². The van der Waals surface area contributed by atoms with Gasteiger partial charge in [0, 0.05) is 21.8 Å². The van der Waals surface area contributed by atoms with Gasteiger partial charge < -0.3 is 10.1 Å². The maximum Gasteiger partial charge on any atom is 0.0787 e. The molecule has 18 heavy (non-hydrogen) atoms. The first-order chi connectivity index (χ1) is 8.20. The Morgan fingerprint density at radius 2 is 2.00 bits per heavy atom. The molecule has 0 saturated carbocycles. The lowest BCUT2D eigenvalue weighted by Gasteiger charge is -2.29. The van der Waals surface area contributed by atoms with Crippen molar-refractivity contribution in [2.45, 2.75) is 71.2 Å². The normalized spacial score (nSPS) is 27.3. The zero-order valence-electron chi connectivity index (χ0n) is 12.3. The van der Waals surface area contributed by atoms with Crippen LogP contribution in [0.1, 0.15) is 56.8 Å². The fourth-order valence-corrected chi connectivity index (χ4v) is 3.78. The van der Waals surface area contributed by atoms with Gasteiger partial charge >= 0.3 is 0 Å². The van der Waals surface area contributed by atoms with Crippen LogP contribution >= 0.6 is 11.3 Å². The van der Waals surface area contributed by atoms with Crippen LogP contribution in [0, 0.1) is 6.92 Å². The highest BCUT2D eigenvalue weighted by molar-refractivity contribution is 7.12. The average Bonchev–Trinajstić information content (AvgIpc) is 2.68. The summed E-state index contributed by atoms with van der Waals surface area (Å²) < 4.78 is 6.13. The summed E-state index contributed by atoms with van der Waals surface area (Å²) in [6.07, 6.45) is 1.06. The number of hydrogen-bond acceptors (Lipinski definition) is 3. The van der Waals surface area contributed by atoms with Crippen molar-refractivity contribution in [3.63, 3.8) is 0 Å². The summed E-state index contributed by atoms with van der Waals surface area (Å²) in [7, 11) is 0. The van der Waals surface area contributed by atoms with E-state index in [0.29, 0.717) is 12.1 Å². The molecule has 3 heteroatoms. The van der Waals surface area contributed by atoms with E-state index in [4.69, 9.17) is 4.74 Å². The van der Waals surface area contributed by atoms with Gasteiger partial charge in [0.2, 0.25) is 0 Å². The molecule has 2 nitrogen and oxygen atoms in total. The highest BCUT2D eigenvalue weighted by Gasteiger charge is 2.46. The van der Waals surface area contributed by atoms with Crippen LogP contribution in [0.15, 0.2) is 12.1 Å². The van der Waals surface area contributed by atoms with E-state index in [-0.39, 0.29) is 11.2 Å². The number of aryl methyl sites for hydroxylation is 1. The van der Waals surface area contributed by atoms with Crippen molar-refractivity contribution in [2.24, 2.45) is 0 Å². The number of rotatable bonds is 3. The van der Waals surface area contributed by atoms with Crippen molar-refractivity contribution in [1.82, 2.24) is 5.32 Å². The summed E-state index contributed by atoms with van der Waals surface area (Å²) in [5.41, 5.74) is -0.115. The van der Waals surface area contributed by atoms with Crippen molar-refractivity contribution in [1.29, 1.82) is 0 Å². The van der Waals surface area contributed by atoms with Crippen LogP contribution in [-0.4, -0.2) is 17.2 Å². The Balaban J connectivity index is 2.05. The lowest BCUT2D eigenvalue weighted by Crippen LogP contribution is -2.44. The van der Waals surface area contributed by atoms with Crippen molar-refractivity contribution in [2.75, 3.05) is 0 Å². The molecule has 0 radical (unpaired) electrons. The van der Waals surface area contributed by atoms with E-state index in [9.17, 15) is 0 Å². The van der Waals surface area contributed by atoms with Crippen molar-refractivity contribution in [3.8, 4) is 0 Å². The van der Waals surface area contributed by atoms with Gasteiger partial charge in [-0.15, -0.1) is 11.3 Å². The molecule has 1 aliphatic heterocycles. The minimum absolute atomic E-state index is 0.0216. The van der Waals surface area contributed by atoms with Crippen molar-refractivity contribution in [3.05, 3.63) is 21.9 Å². The molecule has 1 fully saturated rings. The Morgan fingerprint density at radius 3 is 2.44 bits per heavy atom. The second kappa shape index (κ2) is 4.62. The molecule has 1 aliphatic rings. The van der Waals surface area contributed by atoms with Gasteiger partial charge in [-0.3, -0.25) is 0 Å². The van der Waals surface area contributed by atoms with Gasteiger partial charge in [0.25, 0.3) is 0 Å². The zero-order chi connectivity index (χ0) is 13.6. The van der Waals surface area contributed by atoms with Crippen LogP contribution in [-0.2, 0) is 4.74 Å². The highest BCUT2D eigenvalue weighted by Crippen LogP contribution is 2.38. The summed E-state index contributed by atoms with van der Waals surface area (Å²) in [5, 5.41) is 3.74. The van der Waals surface area contributed by atoms with Crippen molar-refractivity contribution >= 4 is 11.3 Å². The van der Waals surface area contributed by atoms with E-state index >= 15 is 0 Å². The average molecular weight is 267 g/mol. The molecule has 2 heterocycles. The molecule has 102 valence electrons. The van der Waals surface area contributed by atoms with Crippen molar-refractivity contribution < 1.29 is 4.74 Å². The van der Waals surface area contributed by atoms with E-state index in [1.807, 2.05) is 11.3 Å². The van der Waals surface area contributed by atoms with Crippen LogP contribution in [0.4, 0.5) is 0 Å². The minimum atomic E-state index is -0.0932. The van der Waals surface area contributed by atoms with E-state index in [1.165, 1.54) is 9.75 Å². The molecular formula is C15H25NOS. The molecule has 0 spiro atoms. The van der Waals surface area contributed by atoms with Gasteiger partial charge in [-0.2, -0.15) is 0 Å². The number of ether oxygens (including phenoxy) is 1. The SMILES string of the molecule is Cc1ccc(C(C)NC2CC(C)(C)OC2(C)C)s1. The van der Waals surface area contributed by atoms with Gasteiger partial charge in [-0.25, -0.2) is 0 Å². The number of nitrogens with one attached hydrogen (secondary N) is 1. The predicted octanol–water partition coefficient (Wildman–Crippen LogP) is 4.05. The second-order valence-electron chi connectivity index (χ2n) is 6.56. The van der Waals surface area contributed by atoms with Crippen LogP contribution in [0.25, 0.3) is 0 Å². The first kappa shape index (κ1) is 14.0. The number of hydrogen-bond donors (Lipinski definition) is 1. The fraction of sp³-hybridized carbons (Fsp3) is 0.733. The molecule has 1 aromatic heterocycles. The minimum Gasteiger partial charge on any atom is -0.368 e. The molecule has 1 aromatic rings. The topological polar surface area (TPSA) is 21.3 Å². The third-order valence-corrected chi connectivity index (χ3v) is 4.90. The third-order valence-electron chi connectivity index (χ3n) is 3.71. The highest BCUT2D eigenvalue weighted by atomic mass is 32.1. The van der Waals surface area contributed by atoms with Crippen LogP contribution in [0.5, 0.6) is 0 Å². The van der Waals surface area contributed by atoms with Gasteiger partial charge in [-0.1, -0.05) is 0 Å². The van der Waals surface area contributed by atoms with Crippen LogP contribution in [0.3, 0.4) is 0 Å². The van der Waals surface area contributed by atoms with E-state index in [0.717, 1.165) is 6.42 Å². The summed E-state index contributed by atoms with van der Waals surface area (Å²) in [4.78, 5) is 2.79. The summed E-state index contributed by atoms with van der Waals surface area (Å²) in [6, 6.07) is 5.22. The lowest BCUT2D eigenvalue weighted by molar-refractivity contribution is -0.0703. The molecule has 1 N–H and O–H groups in total. The molecule has 1 saturated heterocycles. The molecule has 2 atom stereocenters. The van der Waals surface area contributed by atoms with Gasteiger partial charge in [-0.05, 0) is 60.1 Å². The number of thiophene rings is 1. The Morgan fingerprint density at radius 1 is 1.33 bits per heavy atom. The zero-order valence-corrected chi connectivity index (χ0v) is 13.1. The summed E-state index contributed by atoms with van der Waals surface area (Å²) in [6.45, 7) is 13.1. The lowest BCUT2D eigenvalue weighted by atomic mass is 9.94. The first-order valence-electron chi connectivity index (χ1n) is 6.72. The van der Waals surface area contributed by atoms with Crippen LogP contribution < -0.4 is 5.32 Å². The predicted molar refractivity (Wildman–Crippen MR) is 78.3 cm³/mol. The van der Waals surface area contributed by atoms with E-state index < -0.39 is 0 Å². The second-order valence-corrected chi connectivity index (χ2v) is 7.88. The van der Waals surface area contributed by atoms with E-state index in [1.54, 1.807) is 0 Å². The molecule has 0 bridgehead atoms.